The molecule has 7 heteroatoms. The van der Waals surface area contributed by atoms with Crippen LogP contribution in [0, 0.1) is 12.8 Å². The number of aliphatic hydroxyl groups excluding tert-OH is 1. The number of aliphatic hydroxyl groups is 1. The van der Waals surface area contributed by atoms with Crippen molar-refractivity contribution in [3.8, 4) is 5.69 Å². The Bertz CT molecular complexity index is 918. The van der Waals surface area contributed by atoms with Crippen molar-refractivity contribution in [2.45, 2.75) is 38.5 Å². The maximum Gasteiger partial charge on any atom is 0.251 e. The normalized spacial score (nSPS) is 22.1. The van der Waals surface area contributed by atoms with E-state index in [1.807, 2.05) is 48.3 Å². The molecular weight excluding hydrogens is 342 g/mol. The average Bonchev–Trinajstić information content (AvgIpc) is 3.39. The molecule has 7 nitrogen and oxygen atoms in total. The van der Waals surface area contributed by atoms with Crippen molar-refractivity contribution in [2.75, 3.05) is 0 Å². The molecule has 0 bridgehead atoms. The molecule has 1 unspecified atom stereocenters. The molecule has 1 aliphatic rings. The van der Waals surface area contributed by atoms with Crippen LogP contribution in [0.15, 0.2) is 55.1 Å². The number of hydrogen-bond acceptors (Lipinski definition) is 4. The van der Waals surface area contributed by atoms with Crippen molar-refractivity contribution >= 4 is 5.91 Å². The molecule has 4 rings (SSSR count). The summed E-state index contributed by atoms with van der Waals surface area (Å²) in [6.45, 7) is 2.73. The maximum absolute atomic E-state index is 12.7. The second kappa shape index (κ2) is 7.36. The van der Waals surface area contributed by atoms with Crippen molar-refractivity contribution < 1.29 is 9.90 Å². The summed E-state index contributed by atoms with van der Waals surface area (Å²) in [6.07, 6.45) is 8.23. The number of rotatable bonds is 5. The molecular formula is C20H23N5O2. The number of hydrogen-bond donors (Lipinski definition) is 2. The first-order valence-corrected chi connectivity index (χ1v) is 9.16. The van der Waals surface area contributed by atoms with Gasteiger partial charge in [0.05, 0.1) is 24.0 Å². The Hall–Kier alpha value is -2.93. The lowest BCUT2D eigenvalue weighted by atomic mass is 10.1. The van der Waals surface area contributed by atoms with E-state index in [-0.39, 0.29) is 11.9 Å². The Morgan fingerprint density at radius 3 is 2.93 bits per heavy atom. The summed E-state index contributed by atoms with van der Waals surface area (Å²) < 4.78 is 3.62. The summed E-state index contributed by atoms with van der Waals surface area (Å²) in [4.78, 5) is 12.7. The monoisotopic (exact) mass is 365 g/mol. The molecule has 2 aromatic heterocycles. The van der Waals surface area contributed by atoms with Gasteiger partial charge in [0.25, 0.3) is 5.91 Å². The third-order valence-electron chi connectivity index (χ3n) is 5.03. The van der Waals surface area contributed by atoms with Crippen molar-refractivity contribution in [2.24, 2.45) is 5.92 Å². The third-order valence-corrected chi connectivity index (χ3v) is 5.03. The first-order chi connectivity index (χ1) is 13.1. The van der Waals surface area contributed by atoms with Crippen LogP contribution in [0.4, 0.5) is 0 Å². The molecule has 2 N–H and O–H groups in total. The highest BCUT2D eigenvalue weighted by Gasteiger charge is 2.34. The minimum Gasteiger partial charge on any atom is -0.391 e. The molecule has 0 saturated heterocycles. The van der Waals surface area contributed by atoms with Gasteiger partial charge in [-0.1, -0.05) is 6.07 Å². The topological polar surface area (TPSA) is 85.0 Å². The Labute approximate surface area is 157 Å². The number of benzene rings is 1. The second-order valence-corrected chi connectivity index (χ2v) is 7.23. The van der Waals surface area contributed by atoms with Gasteiger partial charge < -0.3 is 10.4 Å². The number of nitrogens with zero attached hydrogens (tertiary/aromatic N) is 4. The van der Waals surface area contributed by atoms with Crippen LogP contribution in [0.3, 0.4) is 0 Å². The van der Waals surface area contributed by atoms with E-state index >= 15 is 0 Å². The molecule has 140 valence electrons. The Morgan fingerprint density at radius 2 is 2.19 bits per heavy atom. The average molecular weight is 365 g/mol. The number of carbonyl (C=O) groups excluding carboxylic acids is 1. The van der Waals surface area contributed by atoms with Crippen LogP contribution in [-0.4, -0.2) is 42.7 Å². The minimum absolute atomic E-state index is 0.176. The molecule has 27 heavy (non-hydrogen) atoms. The summed E-state index contributed by atoms with van der Waals surface area (Å²) in [7, 11) is 0. The molecule has 1 aliphatic carbocycles. The minimum atomic E-state index is -0.536. The molecule has 1 amide bonds. The molecule has 1 aromatic carbocycles. The summed E-state index contributed by atoms with van der Waals surface area (Å²) in [5.74, 6) is 0.119. The number of nitrogens with one attached hydrogen (secondary N) is 1. The predicted molar refractivity (Wildman–Crippen MR) is 101 cm³/mol. The summed E-state index contributed by atoms with van der Waals surface area (Å²) in [6, 6.07) is 8.98. The van der Waals surface area contributed by atoms with E-state index in [0.717, 1.165) is 24.2 Å². The summed E-state index contributed by atoms with van der Waals surface area (Å²) in [5, 5.41) is 21.9. The van der Waals surface area contributed by atoms with Gasteiger partial charge in [-0.05, 0) is 55.5 Å². The highest BCUT2D eigenvalue weighted by Crippen LogP contribution is 2.27. The molecule has 3 atom stereocenters. The molecule has 0 spiro atoms. The quantitative estimate of drug-likeness (QED) is 0.724. The lowest BCUT2D eigenvalue weighted by Crippen LogP contribution is -2.39. The van der Waals surface area contributed by atoms with Gasteiger partial charge in [-0.2, -0.15) is 10.2 Å². The molecule has 1 saturated carbocycles. The predicted octanol–water partition coefficient (Wildman–Crippen LogP) is 1.95. The zero-order valence-electron chi connectivity index (χ0n) is 15.2. The van der Waals surface area contributed by atoms with Crippen molar-refractivity contribution in [1.29, 1.82) is 0 Å². The van der Waals surface area contributed by atoms with E-state index in [2.05, 4.69) is 15.5 Å². The molecule has 0 radical (unpaired) electrons. The lowest BCUT2D eigenvalue weighted by Gasteiger charge is -2.17. The van der Waals surface area contributed by atoms with Crippen LogP contribution in [0.25, 0.3) is 5.69 Å². The van der Waals surface area contributed by atoms with Crippen LogP contribution < -0.4 is 5.32 Å². The van der Waals surface area contributed by atoms with Gasteiger partial charge in [0, 0.05) is 30.7 Å². The molecule has 2 heterocycles. The van der Waals surface area contributed by atoms with Gasteiger partial charge >= 0.3 is 0 Å². The zero-order chi connectivity index (χ0) is 18.8. The van der Waals surface area contributed by atoms with Gasteiger partial charge in [0.2, 0.25) is 0 Å². The van der Waals surface area contributed by atoms with Crippen LogP contribution >= 0.6 is 0 Å². The highest BCUT2D eigenvalue weighted by atomic mass is 16.3. The van der Waals surface area contributed by atoms with Crippen molar-refractivity contribution in [1.82, 2.24) is 24.9 Å². The second-order valence-electron chi connectivity index (χ2n) is 7.23. The summed E-state index contributed by atoms with van der Waals surface area (Å²) in [5.41, 5.74) is 2.45. The smallest absolute Gasteiger partial charge is 0.251 e. The first-order valence-electron chi connectivity index (χ1n) is 9.16. The van der Waals surface area contributed by atoms with E-state index in [1.54, 1.807) is 23.1 Å². The van der Waals surface area contributed by atoms with Gasteiger partial charge in [0.15, 0.2) is 0 Å². The molecule has 3 aromatic rings. The van der Waals surface area contributed by atoms with Crippen molar-refractivity contribution in [3.63, 3.8) is 0 Å². The fourth-order valence-corrected chi connectivity index (χ4v) is 3.69. The van der Waals surface area contributed by atoms with Crippen LogP contribution in [0.2, 0.25) is 0 Å². The summed E-state index contributed by atoms with van der Waals surface area (Å²) >= 11 is 0. The highest BCUT2D eigenvalue weighted by molar-refractivity contribution is 5.95. The van der Waals surface area contributed by atoms with Gasteiger partial charge in [-0.15, -0.1) is 0 Å². The van der Waals surface area contributed by atoms with Crippen LogP contribution in [0.5, 0.6) is 0 Å². The third kappa shape index (κ3) is 3.93. The van der Waals surface area contributed by atoms with Crippen LogP contribution in [0.1, 0.15) is 28.8 Å². The lowest BCUT2D eigenvalue weighted by molar-refractivity contribution is 0.0872. The largest absolute Gasteiger partial charge is 0.391 e. The number of carbonyl (C=O) groups is 1. The van der Waals surface area contributed by atoms with Crippen LogP contribution in [-0.2, 0) is 6.54 Å². The van der Waals surface area contributed by atoms with Crippen molar-refractivity contribution in [3.05, 3.63) is 66.2 Å². The van der Waals surface area contributed by atoms with E-state index in [1.165, 1.54) is 0 Å². The van der Waals surface area contributed by atoms with Gasteiger partial charge in [-0.25, -0.2) is 4.68 Å². The molecule has 1 fully saturated rings. The van der Waals surface area contributed by atoms with E-state index in [4.69, 9.17) is 0 Å². The van der Waals surface area contributed by atoms with E-state index in [9.17, 15) is 9.90 Å². The number of aromatic nitrogens is 4. The molecule has 0 aliphatic heterocycles. The SMILES string of the molecule is Cc1cnn(-c2cccc(C(=O)N[C@@H]3CC(Cn4cccn4)C[C@H]3O)c2)c1. The Morgan fingerprint density at radius 1 is 1.30 bits per heavy atom. The van der Waals surface area contributed by atoms with E-state index < -0.39 is 6.10 Å². The maximum atomic E-state index is 12.7. The zero-order valence-corrected chi connectivity index (χ0v) is 15.2. The van der Waals surface area contributed by atoms with Gasteiger partial charge in [-0.3, -0.25) is 9.48 Å². The number of amides is 1. The Balaban J connectivity index is 1.41. The van der Waals surface area contributed by atoms with E-state index in [0.29, 0.717) is 17.9 Å². The Kier molecular flexibility index (Phi) is 4.77. The fourth-order valence-electron chi connectivity index (χ4n) is 3.69. The van der Waals surface area contributed by atoms with Gasteiger partial charge in [0.1, 0.15) is 0 Å². The first kappa shape index (κ1) is 17.5. The fraction of sp³-hybridized carbons (Fsp3) is 0.350. The standard InChI is InChI=1S/C20H23N5O2/c1-14-11-22-25(12-14)17-5-2-4-16(10-17)20(27)23-18-8-15(9-19(18)26)13-24-7-3-6-21-24/h2-7,10-12,15,18-19,26H,8-9,13H2,1H3,(H,23,27)/t15?,18-,19-/m1/s1. The number of aryl methyl sites for hydroxylation is 1.